The van der Waals surface area contributed by atoms with Crippen LogP contribution in [0.25, 0.3) is 0 Å². The standard InChI is InChI=1S/C14H25N3O3/c1-3-16(11-4-5-11)7-6-15-14(20)17-8-10(2)12(9-17)13(18)19/h10-12H,3-9H2,1-2H3,(H,15,20)(H,18,19)/t10-,12-/m1/s1. The lowest BCUT2D eigenvalue weighted by Gasteiger charge is -2.21. The summed E-state index contributed by atoms with van der Waals surface area (Å²) in [6.07, 6.45) is 2.54. The zero-order valence-electron chi connectivity index (χ0n) is 12.3. The number of aliphatic carboxylic acids is 1. The summed E-state index contributed by atoms with van der Waals surface area (Å²) in [5.41, 5.74) is 0. The molecule has 0 aromatic rings. The van der Waals surface area contributed by atoms with Gasteiger partial charge >= 0.3 is 12.0 Å². The van der Waals surface area contributed by atoms with Crippen molar-refractivity contribution in [2.24, 2.45) is 11.8 Å². The number of likely N-dealkylation sites (N-methyl/N-ethyl adjacent to an activating group) is 1. The maximum absolute atomic E-state index is 12.0. The molecule has 2 amide bonds. The van der Waals surface area contributed by atoms with Crippen molar-refractivity contribution in [1.82, 2.24) is 15.1 Å². The average molecular weight is 283 g/mol. The monoisotopic (exact) mass is 283 g/mol. The first-order valence-corrected chi connectivity index (χ1v) is 7.52. The molecule has 2 atom stereocenters. The smallest absolute Gasteiger partial charge is 0.317 e. The number of urea groups is 1. The Morgan fingerprint density at radius 2 is 2.05 bits per heavy atom. The summed E-state index contributed by atoms with van der Waals surface area (Å²) in [5, 5.41) is 12.0. The highest BCUT2D eigenvalue weighted by Crippen LogP contribution is 2.26. The Hall–Kier alpha value is -1.30. The van der Waals surface area contributed by atoms with Crippen LogP contribution in [0.1, 0.15) is 26.7 Å². The molecule has 0 aromatic carbocycles. The summed E-state index contributed by atoms with van der Waals surface area (Å²) >= 11 is 0. The van der Waals surface area contributed by atoms with Crippen LogP contribution in [0, 0.1) is 11.8 Å². The third-order valence-corrected chi connectivity index (χ3v) is 4.36. The minimum atomic E-state index is -0.807. The summed E-state index contributed by atoms with van der Waals surface area (Å²) in [5.74, 6) is -1.21. The summed E-state index contributed by atoms with van der Waals surface area (Å²) in [6.45, 7) is 7.40. The van der Waals surface area contributed by atoms with Gasteiger partial charge in [-0.2, -0.15) is 0 Å². The van der Waals surface area contributed by atoms with Crippen molar-refractivity contribution in [2.75, 3.05) is 32.7 Å². The largest absolute Gasteiger partial charge is 0.481 e. The van der Waals surface area contributed by atoms with Crippen LogP contribution in [0.4, 0.5) is 4.79 Å². The van der Waals surface area contributed by atoms with Crippen LogP contribution in [0.5, 0.6) is 0 Å². The number of carbonyl (C=O) groups excluding carboxylic acids is 1. The van der Waals surface area contributed by atoms with E-state index in [0.29, 0.717) is 25.7 Å². The molecule has 0 radical (unpaired) electrons. The summed E-state index contributed by atoms with van der Waals surface area (Å²) in [6, 6.07) is 0.576. The first-order chi connectivity index (χ1) is 9.52. The van der Waals surface area contributed by atoms with Gasteiger partial charge in [-0.05, 0) is 25.3 Å². The van der Waals surface area contributed by atoms with E-state index in [-0.39, 0.29) is 11.9 Å². The lowest BCUT2D eigenvalue weighted by molar-refractivity contribution is -0.142. The highest BCUT2D eigenvalue weighted by atomic mass is 16.4. The normalized spacial score (nSPS) is 26.1. The zero-order valence-corrected chi connectivity index (χ0v) is 12.3. The van der Waals surface area contributed by atoms with Crippen LogP contribution in [0.3, 0.4) is 0 Å². The van der Waals surface area contributed by atoms with Crippen LogP contribution >= 0.6 is 0 Å². The van der Waals surface area contributed by atoms with Gasteiger partial charge in [0, 0.05) is 32.2 Å². The second-order valence-electron chi connectivity index (χ2n) is 5.92. The maximum atomic E-state index is 12.0. The van der Waals surface area contributed by atoms with Crippen molar-refractivity contribution < 1.29 is 14.7 Å². The van der Waals surface area contributed by atoms with Gasteiger partial charge in [-0.25, -0.2) is 4.79 Å². The highest BCUT2D eigenvalue weighted by molar-refractivity contribution is 5.77. The molecule has 2 aliphatic rings. The molecule has 2 N–H and O–H groups in total. The molecule has 0 bridgehead atoms. The van der Waals surface area contributed by atoms with Gasteiger partial charge in [0.05, 0.1) is 5.92 Å². The third-order valence-electron chi connectivity index (χ3n) is 4.36. The summed E-state index contributed by atoms with van der Waals surface area (Å²) in [4.78, 5) is 27.1. The Bertz CT molecular complexity index is 371. The molecule has 2 rings (SSSR count). The molecule has 0 aromatic heterocycles. The second-order valence-corrected chi connectivity index (χ2v) is 5.92. The van der Waals surface area contributed by atoms with E-state index >= 15 is 0 Å². The maximum Gasteiger partial charge on any atom is 0.317 e. The van der Waals surface area contributed by atoms with E-state index in [4.69, 9.17) is 5.11 Å². The minimum Gasteiger partial charge on any atom is -0.481 e. The molecule has 114 valence electrons. The minimum absolute atomic E-state index is 0.0249. The first-order valence-electron chi connectivity index (χ1n) is 7.52. The van der Waals surface area contributed by atoms with E-state index in [2.05, 4.69) is 17.1 Å². The number of amides is 2. The fourth-order valence-electron chi connectivity index (χ4n) is 2.91. The molecule has 1 saturated carbocycles. The predicted molar refractivity (Wildman–Crippen MR) is 75.5 cm³/mol. The Morgan fingerprint density at radius 1 is 1.35 bits per heavy atom. The highest BCUT2D eigenvalue weighted by Gasteiger charge is 2.37. The molecular formula is C14H25N3O3. The van der Waals surface area contributed by atoms with Gasteiger partial charge < -0.3 is 15.3 Å². The third kappa shape index (κ3) is 3.62. The molecule has 1 aliphatic carbocycles. The van der Waals surface area contributed by atoms with Crippen molar-refractivity contribution in [3.05, 3.63) is 0 Å². The van der Waals surface area contributed by atoms with Crippen LogP contribution < -0.4 is 5.32 Å². The SMILES string of the molecule is CCN(CCNC(=O)N1C[C@@H](C)[C@H](C(=O)O)C1)C1CC1. The van der Waals surface area contributed by atoms with Gasteiger partial charge in [0.25, 0.3) is 0 Å². The van der Waals surface area contributed by atoms with Gasteiger partial charge in [0.2, 0.25) is 0 Å². The quantitative estimate of drug-likeness (QED) is 0.757. The van der Waals surface area contributed by atoms with Gasteiger partial charge in [0.15, 0.2) is 0 Å². The number of hydrogen-bond donors (Lipinski definition) is 2. The first kappa shape index (κ1) is 15.1. The van der Waals surface area contributed by atoms with Crippen LogP contribution in [0.15, 0.2) is 0 Å². The van der Waals surface area contributed by atoms with E-state index in [1.807, 2.05) is 6.92 Å². The number of likely N-dealkylation sites (tertiary alicyclic amines) is 1. The van der Waals surface area contributed by atoms with Crippen molar-refractivity contribution in [1.29, 1.82) is 0 Å². The average Bonchev–Trinajstić information content (AvgIpc) is 3.16. The Kier molecular flexibility index (Phi) is 4.86. The predicted octanol–water partition coefficient (Wildman–Crippen LogP) is 0.833. The number of carboxylic acids is 1. The summed E-state index contributed by atoms with van der Waals surface area (Å²) in [7, 11) is 0. The van der Waals surface area contributed by atoms with E-state index in [1.165, 1.54) is 12.8 Å². The molecule has 1 aliphatic heterocycles. The zero-order chi connectivity index (χ0) is 14.7. The molecule has 0 spiro atoms. The number of nitrogens with zero attached hydrogens (tertiary/aromatic N) is 2. The number of nitrogens with one attached hydrogen (secondary N) is 1. The number of hydrogen-bond acceptors (Lipinski definition) is 3. The molecule has 2 fully saturated rings. The molecule has 1 heterocycles. The molecular weight excluding hydrogens is 258 g/mol. The fraction of sp³-hybridized carbons (Fsp3) is 0.857. The molecule has 1 saturated heterocycles. The van der Waals surface area contributed by atoms with Gasteiger partial charge in [0.1, 0.15) is 0 Å². The van der Waals surface area contributed by atoms with Crippen molar-refractivity contribution >= 4 is 12.0 Å². The second kappa shape index (κ2) is 6.43. The van der Waals surface area contributed by atoms with Gasteiger partial charge in [-0.3, -0.25) is 9.69 Å². The van der Waals surface area contributed by atoms with Gasteiger partial charge in [-0.15, -0.1) is 0 Å². The molecule has 20 heavy (non-hydrogen) atoms. The van der Waals surface area contributed by atoms with Crippen LogP contribution in [-0.2, 0) is 4.79 Å². The Balaban J connectivity index is 1.71. The lowest BCUT2D eigenvalue weighted by Crippen LogP contribution is -2.42. The Labute approximate surface area is 120 Å². The molecule has 0 unspecified atom stereocenters. The Morgan fingerprint density at radius 3 is 2.55 bits per heavy atom. The van der Waals surface area contributed by atoms with Gasteiger partial charge in [-0.1, -0.05) is 13.8 Å². The van der Waals surface area contributed by atoms with E-state index in [0.717, 1.165) is 13.1 Å². The van der Waals surface area contributed by atoms with Crippen molar-refractivity contribution in [2.45, 2.75) is 32.7 Å². The topological polar surface area (TPSA) is 72.9 Å². The van der Waals surface area contributed by atoms with E-state index in [1.54, 1.807) is 4.90 Å². The number of carbonyl (C=O) groups is 2. The van der Waals surface area contributed by atoms with E-state index in [9.17, 15) is 9.59 Å². The number of carboxylic acid groups (broad SMARTS) is 1. The van der Waals surface area contributed by atoms with Crippen LogP contribution in [-0.4, -0.2) is 65.7 Å². The summed E-state index contributed by atoms with van der Waals surface area (Å²) < 4.78 is 0. The van der Waals surface area contributed by atoms with Crippen molar-refractivity contribution in [3.8, 4) is 0 Å². The van der Waals surface area contributed by atoms with Crippen LogP contribution in [0.2, 0.25) is 0 Å². The molecule has 6 heteroatoms. The van der Waals surface area contributed by atoms with Crippen molar-refractivity contribution in [3.63, 3.8) is 0 Å². The molecule has 6 nitrogen and oxygen atoms in total. The lowest BCUT2D eigenvalue weighted by atomic mass is 9.99. The fourth-order valence-corrected chi connectivity index (χ4v) is 2.91. The van der Waals surface area contributed by atoms with E-state index < -0.39 is 11.9 Å². The number of rotatable bonds is 6.